The molecule has 1 aliphatic rings. The third kappa shape index (κ3) is 4.60. The van der Waals surface area contributed by atoms with Gasteiger partial charge in [0, 0.05) is 31.9 Å². The van der Waals surface area contributed by atoms with Crippen LogP contribution in [0.1, 0.15) is 0 Å². The number of rotatable bonds is 5. The lowest BCUT2D eigenvalue weighted by Crippen LogP contribution is -2.52. The molecule has 1 aromatic heterocycles. The molecule has 26 heavy (non-hydrogen) atoms. The number of benzene rings is 1. The van der Waals surface area contributed by atoms with Crippen LogP contribution >= 0.6 is 11.3 Å². The topological polar surface area (TPSA) is 99.7 Å². The van der Waals surface area contributed by atoms with E-state index in [2.05, 4.69) is 25.7 Å². The zero-order valence-electron chi connectivity index (χ0n) is 14.3. The van der Waals surface area contributed by atoms with E-state index >= 15 is 0 Å². The van der Waals surface area contributed by atoms with Gasteiger partial charge in [0.25, 0.3) is 0 Å². The number of hydrogen-bond donors (Lipinski definition) is 2. The van der Waals surface area contributed by atoms with E-state index in [-0.39, 0.29) is 18.5 Å². The molecule has 3 rings (SSSR count). The maximum absolute atomic E-state index is 12.2. The Balaban J connectivity index is 1.42. The van der Waals surface area contributed by atoms with Crippen molar-refractivity contribution in [1.82, 2.24) is 20.4 Å². The van der Waals surface area contributed by atoms with Gasteiger partial charge >= 0.3 is 6.03 Å². The van der Waals surface area contributed by atoms with Crippen LogP contribution in [0.15, 0.2) is 29.8 Å². The van der Waals surface area contributed by atoms with Gasteiger partial charge in [-0.2, -0.15) is 0 Å². The van der Waals surface area contributed by atoms with E-state index in [0.717, 1.165) is 24.5 Å². The Bertz CT molecular complexity index is 729. The van der Waals surface area contributed by atoms with Gasteiger partial charge in [0.15, 0.2) is 0 Å². The normalized spacial score (nSPS) is 14.0. The molecule has 0 bridgehead atoms. The predicted molar refractivity (Wildman–Crippen MR) is 98.7 cm³/mol. The van der Waals surface area contributed by atoms with Crippen molar-refractivity contribution < 1.29 is 14.3 Å². The van der Waals surface area contributed by atoms with Crippen LogP contribution in [0.25, 0.3) is 0 Å². The molecule has 10 heteroatoms. The fourth-order valence-electron chi connectivity index (χ4n) is 2.62. The Morgan fingerprint density at radius 3 is 2.54 bits per heavy atom. The first-order valence-corrected chi connectivity index (χ1v) is 9.01. The molecule has 9 nitrogen and oxygen atoms in total. The number of carbonyl (C=O) groups excluding carboxylic acids is 2. The smallest absolute Gasteiger partial charge is 0.317 e. The predicted octanol–water partition coefficient (Wildman–Crippen LogP) is 1.02. The van der Waals surface area contributed by atoms with Crippen molar-refractivity contribution in [3.05, 3.63) is 29.8 Å². The Morgan fingerprint density at radius 2 is 1.92 bits per heavy atom. The molecule has 138 valence electrons. The molecular formula is C16H20N6O3S. The van der Waals surface area contributed by atoms with Crippen molar-refractivity contribution in [1.29, 1.82) is 0 Å². The largest absolute Gasteiger partial charge is 0.497 e. The highest BCUT2D eigenvalue weighted by Gasteiger charge is 2.21. The summed E-state index contributed by atoms with van der Waals surface area (Å²) in [4.78, 5) is 27.9. The van der Waals surface area contributed by atoms with E-state index in [4.69, 9.17) is 4.74 Å². The first-order valence-electron chi connectivity index (χ1n) is 8.13. The first-order chi connectivity index (χ1) is 12.7. The van der Waals surface area contributed by atoms with Gasteiger partial charge in [-0.1, -0.05) is 11.3 Å². The highest BCUT2D eigenvalue weighted by atomic mass is 32.1. The van der Waals surface area contributed by atoms with Crippen LogP contribution in [0, 0.1) is 0 Å². The summed E-state index contributed by atoms with van der Waals surface area (Å²) in [5, 5.41) is 13.0. The standard InChI is InChI=1S/C16H20N6O3S/c1-25-13-4-2-12(3-5-13)21-6-8-22(9-7-21)16(24)17-10-14(23)19-15-20-18-11-26-15/h2-5,11H,6-10H2,1H3,(H,17,24)(H,19,20,23). The van der Waals surface area contributed by atoms with Crippen LogP contribution in [0.5, 0.6) is 5.75 Å². The number of anilines is 2. The minimum Gasteiger partial charge on any atom is -0.497 e. The molecule has 0 spiro atoms. The fourth-order valence-corrected chi connectivity index (χ4v) is 3.08. The molecule has 1 aliphatic heterocycles. The zero-order valence-corrected chi connectivity index (χ0v) is 15.2. The minimum atomic E-state index is -0.327. The van der Waals surface area contributed by atoms with Crippen LogP contribution in [0.4, 0.5) is 15.6 Å². The number of urea groups is 1. The second-order valence-electron chi connectivity index (χ2n) is 5.62. The SMILES string of the molecule is COc1ccc(N2CCN(C(=O)NCC(=O)Nc3nncs3)CC2)cc1. The van der Waals surface area contributed by atoms with Gasteiger partial charge in [-0.15, -0.1) is 10.2 Å². The van der Waals surface area contributed by atoms with E-state index in [1.165, 1.54) is 16.8 Å². The van der Waals surface area contributed by atoms with Crippen LogP contribution in [0.3, 0.4) is 0 Å². The molecule has 3 amide bonds. The highest BCUT2D eigenvalue weighted by Crippen LogP contribution is 2.20. The molecule has 0 aliphatic carbocycles. The molecule has 2 N–H and O–H groups in total. The molecule has 0 radical (unpaired) electrons. The number of hydrogen-bond acceptors (Lipinski definition) is 7. The first kappa shape index (κ1) is 17.9. The lowest BCUT2D eigenvalue weighted by Gasteiger charge is -2.36. The van der Waals surface area contributed by atoms with Gasteiger partial charge in [-0.25, -0.2) is 4.79 Å². The Hall–Kier alpha value is -2.88. The second-order valence-corrected chi connectivity index (χ2v) is 6.46. The number of aromatic nitrogens is 2. The van der Waals surface area contributed by atoms with Crippen molar-refractivity contribution in [3.63, 3.8) is 0 Å². The average Bonchev–Trinajstić information content (AvgIpc) is 3.19. The third-order valence-corrected chi connectivity index (χ3v) is 4.62. The van der Waals surface area contributed by atoms with Crippen molar-refractivity contribution in [2.24, 2.45) is 0 Å². The summed E-state index contributed by atoms with van der Waals surface area (Å²) in [5.74, 6) is 0.491. The van der Waals surface area contributed by atoms with E-state index < -0.39 is 0 Å². The van der Waals surface area contributed by atoms with Gasteiger partial charge in [0.2, 0.25) is 11.0 Å². The van der Waals surface area contributed by atoms with Crippen molar-refractivity contribution in [3.8, 4) is 5.75 Å². The van der Waals surface area contributed by atoms with Crippen molar-refractivity contribution >= 4 is 34.1 Å². The number of carbonyl (C=O) groups is 2. The number of nitrogens with zero attached hydrogens (tertiary/aromatic N) is 4. The Labute approximate surface area is 155 Å². The molecule has 0 unspecified atom stereocenters. The van der Waals surface area contributed by atoms with Gasteiger partial charge in [-0.3, -0.25) is 10.1 Å². The Kier molecular flexibility index (Phi) is 5.84. The molecule has 2 heterocycles. The molecule has 0 saturated carbocycles. The summed E-state index contributed by atoms with van der Waals surface area (Å²) < 4.78 is 5.17. The molecule has 1 aromatic carbocycles. The van der Waals surface area contributed by atoms with Gasteiger partial charge < -0.3 is 19.9 Å². The molecule has 0 atom stereocenters. The minimum absolute atomic E-state index is 0.100. The lowest BCUT2D eigenvalue weighted by atomic mass is 10.2. The van der Waals surface area contributed by atoms with Gasteiger partial charge in [-0.05, 0) is 24.3 Å². The van der Waals surface area contributed by atoms with Gasteiger partial charge in [0.1, 0.15) is 11.3 Å². The number of methoxy groups -OCH3 is 1. The van der Waals surface area contributed by atoms with Crippen molar-refractivity contribution in [2.45, 2.75) is 0 Å². The van der Waals surface area contributed by atoms with Crippen LogP contribution < -0.4 is 20.3 Å². The lowest BCUT2D eigenvalue weighted by molar-refractivity contribution is -0.115. The van der Waals surface area contributed by atoms with E-state index in [1.54, 1.807) is 12.0 Å². The highest BCUT2D eigenvalue weighted by molar-refractivity contribution is 7.13. The maximum Gasteiger partial charge on any atom is 0.317 e. The third-order valence-electron chi connectivity index (χ3n) is 4.01. The summed E-state index contributed by atoms with van der Waals surface area (Å²) in [6.45, 7) is 2.55. The monoisotopic (exact) mass is 376 g/mol. The summed E-state index contributed by atoms with van der Waals surface area (Å²) in [6.07, 6.45) is 0. The fraction of sp³-hybridized carbons (Fsp3) is 0.375. The van der Waals surface area contributed by atoms with Crippen LogP contribution in [-0.4, -0.2) is 66.9 Å². The number of ether oxygens (including phenoxy) is 1. The average molecular weight is 376 g/mol. The van der Waals surface area contributed by atoms with E-state index in [9.17, 15) is 9.59 Å². The van der Waals surface area contributed by atoms with Gasteiger partial charge in [0.05, 0.1) is 13.7 Å². The van der Waals surface area contributed by atoms with E-state index in [0.29, 0.717) is 18.2 Å². The second kappa shape index (κ2) is 8.48. The Morgan fingerprint density at radius 1 is 1.19 bits per heavy atom. The zero-order chi connectivity index (χ0) is 18.4. The molecular weight excluding hydrogens is 356 g/mol. The number of amides is 3. The van der Waals surface area contributed by atoms with Crippen molar-refractivity contribution in [2.75, 3.05) is 50.1 Å². The summed E-state index contributed by atoms with van der Waals surface area (Å²) >= 11 is 1.22. The quantitative estimate of drug-likeness (QED) is 0.808. The number of piperazine rings is 1. The van der Waals surface area contributed by atoms with Crippen LogP contribution in [0.2, 0.25) is 0 Å². The van der Waals surface area contributed by atoms with Crippen LogP contribution in [-0.2, 0) is 4.79 Å². The molecule has 2 aromatic rings. The molecule has 1 fully saturated rings. The maximum atomic E-state index is 12.2. The summed E-state index contributed by atoms with van der Waals surface area (Å²) in [7, 11) is 1.64. The molecule has 1 saturated heterocycles. The summed E-state index contributed by atoms with van der Waals surface area (Å²) in [5.41, 5.74) is 2.62. The number of nitrogens with one attached hydrogen (secondary N) is 2. The van der Waals surface area contributed by atoms with E-state index in [1.807, 2.05) is 24.3 Å². The summed E-state index contributed by atoms with van der Waals surface area (Å²) in [6, 6.07) is 7.61.